The molecule has 1 aliphatic rings. The molecule has 0 aliphatic heterocycles. The molecule has 43 heavy (non-hydrogen) atoms. The number of H-pyrrole nitrogens is 1. The predicted molar refractivity (Wildman–Crippen MR) is 157 cm³/mol. The molecule has 0 saturated heterocycles. The highest BCUT2D eigenvalue weighted by Gasteiger charge is 2.32. The smallest absolute Gasteiger partial charge is 0.407 e. The van der Waals surface area contributed by atoms with E-state index in [1.807, 2.05) is 72.3 Å². The first-order valence-electron chi connectivity index (χ1n) is 14.4. The van der Waals surface area contributed by atoms with Crippen LogP contribution in [0.15, 0.2) is 60.7 Å². The van der Waals surface area contributed by atoms with Crippen molar-refractivity contribution in [3.63, 3.8) is 0 Å². The van der Waals surface area contributed by atoms with E-state index in [9.17, 15) is 14.4 Å². The number of aryl methyl sites for hydroxylation is 1. The second kappa shape index (κ2) is 14.4. The fourth-order valence-electron chi connectivity index (χ4n) is 5.28. The Hall–Kier alpha value is -4.78. The van der Waals surface area contributed by atoms with Gasteiger partial charge in [0.2, 0.25) is 5.91 Å². The maximum absolute atomic E-state index is 13.5. The van der Waals surface area contributed by atoms with Gasteiger partial charge in [-0.2, -0.15) is 5.21 Å². The van der Waals surface area contributed by atoms with Crippen LogP contribution in [0.4, 0.5) is 4.79 Å². The third-order valence-corrected chi connectivity index (χ3v) is 7.55. The van der Waals surface area contributed by atoms with Gasteiger partial charge in [0, 0.05) is 24.5 Å². The van der Waals surface area contributed by atoms with Crippen molar-refractivity contribution in [2.24, 2.45) is 7.05 Å². The zero-order valence-electron chi connectivity index (χ0n) is 24.0. The molecule has 2 aromatic heterocycles. The van der Waals surface area contributed by atoms with Gasteiger partial charge in [0.05, 0.1) is 12.1 Å². The summed E-state index contributed by atoms with van der Waals surface area (Å²) in [6.45, 7) is 0.623. The zero-order chi connectivity index (χ0) is 30.0. The van der Waals surface area contributed by atoms with Gasteiger partial charge in [-0.1, -0.05) is 53.7 Å². The summed E-state index contributed by atoms with van der Waals surface area (Å²) in [7, 11) is 1.82. The predicted octanol–water partition coefficient (Wildman–Crippen LogP) is 2.75. The van der Waals surface area contributed by atoms with Crippen molar-refractivity contribution in [3.05, 3.63) is 77.7 Å². The van der Waals surface area contributed by atoms with Crippen LogP contribution in [-0.4, -0.2) is 67.8 Å². The summed E-state index contributed by atoms with van der Waals surface area (Å²) in [6.07, 6.45) is 2.42. The number of benzene rings is 2. The average Bonchev–Trinajstić information content (AvgIpc) is 3.78. The summed E-state index contributed by atoms with van der Waals surface area (Å²) in [5.41, 5.74) is 2.25. The van der Waals surface area contributed by atoms with E-state index in [0.717, 1.165) is 35.7 Å². The van der Waals surface area contributed by atoms with Crippen LogP contribution in [0.2, 0.25) is 0 Å². The lowest BCUT2D eigenvalue weighted by Crippen LogP contribution is -2.52. The molecule has 3 amide bonds. The summed E-state index contributed by atoms with van der Waals surface area (Å²) in [4.78, 5) is 39.1. The summed E-state index contributed by atoms with van der Waals surface area (Å²) < 4.78 is 13.0. The largest absolute Gasteiger partial charge is 0.445 e. The van der Waals surface area contributed by atoms with E-state index in [4.69, 9.17) is 9.47 Å². The quantitative estimate of drug-likeness (QED) is 0.173. The molecule has 13 heteroatoms. The van der Waals surface area contributed by atoms with Crippen LogP contribution in [0.3, 0.4) is 0 Å². The lowest BCUT2D eigenvalue weighted by atomic mass is 10.1. The van der Waals surface area contributed by atoms with Crippen LogP contribution in [0, 0.1) is 0 Å². The fourth-order valence-corrected chi connectivity index (χ4v) is 5.28. The van der Waals surface area contributed by atoms with E-state index < -0.39 is 12.1 Å². The molecule has 1 aliphatic carbocycles. The number of carbonyl (C=O) groups is 3. The van der Waals surface area contributed by atoms with Gasteiger partial charge in [-0.15, -0.1) is 10.2 Å². The van der Waals surface area contributed by atoms with Crippen molar-refractivity contribution in [1.29, 1.82) is 0 Å². The SMILES string of the molecule is Cn1c(C(=O)N[C@@H](CCCNC(=O)OCc2ccccc2)C(=O)N[C@H]2CCC[C@@H]2OCc2nn[nH]n2)cc2ccccc21. The molecule has 4 aromatic rings. The number of alkyl carbamates (subject to hydrolysis) is 1. The molecule has 226 valence electrons. The van der Waals surface area contributed by atoms with Crippen molar-refractivity contribution < 1.29 is 23.9 Å². The number of carbonyl (C=O) groups excluding carboxylic acids is 3. The highest BCUT2D eigenvalue weighted by atomic mass is 16.5. The van der Waals surface area contributed by atoms with Crippen LogP contribution in [0.1, 0.15) is 54.0 Å². The number of rotatable bonds is 13. The Morgan fingerprint density at radius 3 is 2.67 bits per heavy atom. The molecule has 0 unspecified atom stereocenters. The standard InChI is InChI=1S/C30H36N8O5/c1-38-24-14-6-5-11-21(24)17-25(38)29(40)33-23(13-8-16-31-30(41)43-18-20-9-3-2-4-10-20)28(39)32-22-12-7-15-26(22)42-19-27-34-36-37-35-27/h2-6,9-11,14,17,22-23,26H,7-8,12-13,15-16,18-19H2,1H3,(H,31,41)(H,32,39)(H,33,40)(H,34,35,36,37)/t22-,23-,26-/m0/s1. The number of nitrogens with zero attached hydrogens (tertiary/aromatic N) is 4. The number of para-hydroxylation sites is 1. The second-order valence-electron chi connectivity index (χ2n) is 10.5. The number of tetrazole rings is 1. The Bertz CT molecular complexity index is 1510. The minimum Gasteiger partial charge on any atom is -0.445 e. The van der Waals surface area contributed by atoms with Crippen LogP contribution in [-0.2, 0) is 34.5 Å². The molecule has 3 atom stereocenters. The number of aromatic nitrogens is 5. The lowest BCUT2D eigenvalue weighted by Gasteiger charge is -2.25. The van der Waals surface area contributed by atoms with Crippen LogP contribution < -0.4 is 16.0 Å². The molecule has 0 bridgehead atoms. The lowest BCUT2D eigenvalue weighted by molar-refractivity contribution is -0.125. The van der Waals surface area contributed by atoms with Gasteiger partial charge >= 0.3 is 6.09 Å². The molecule has 0 spiro atoms. The Labute approximate surface area is 248 Å². The van der Waals surface area contributed by atoms with Crippen LogP contribution >= 0.6 is 0 Å². The summed E-state index contributed by atoms with van der Waals surface area (Å²) >= 11 is 0. The second-order valence-corrected chi connectivity index (χ2v) is 10.5. The van der Waals surface area contributed by atoms with Crippen molar-refractivity contribution in [2.45, 2.75) is 63.5 Å². The highest BCUT2D eigenvalue weighted by molar-refractivity contribution is 6.00. The van der Waals surface area contributed by atoms with Gasteiger partial charge in [-0.3, -0.25) is 9.59 Å². The summed E-state index contributed by atoms with van der Waals surface area (Å²) in [5, 5.41) is 23.4. The third-order valence-electron chi connectivity index (χ3n) is 7.55. The zero-order valence-corrected chi connectivity index (χ0v) is 24.0. The van der Waals surface area contributed by atoms with E-state index in [1.165, 1.54) is 0 Å². The maximum atomic E-state index is 13.5. The molecule has 0 radical (unpaired) electrons. The first kappa shape index (κ1) is 29.7. The van der Waals surface area contributed by atoms with Crippen molar-refractivity contribution in [3.8, 4) is 0 Å². The van der Waals surface area contributed by atoms with Gasteiger partial charge < -0.3 is 30.0 Å². The summed E-state index contributed by atoms with van der Waals surface area (Å²) in [6, 6.07) is 17.9. The molecule has 5 rings (SSSR count). The van der Waals surface area contributed by atoms with Gasteiger partial charge in [0.25, 0.3) is 5.91 Å². The Balaban J connectivity index is 1.19. The first-order valence-corrected chi connectivity index (χ1v) is 14.4. The van der Waals surface area contributed by atoms with Crippen LogP contribution in [0.5, 0.6) is 0 Å². The normalized spacial score (nSPS) is 17.0. The molecule has 4 N–H and O–H groups in total. The van der Waals surface area contributed by atoms with E-state index >= 15 is 0 Å². The highest BCUT2D eigenvalue weighted by Crippen LogP contribution is 2.23. The number of aromatic amines is 1. The van der Waals surface area contributed by atoms with Gasteiger partial charge in [0.15, 0.2) is 5.82 Å². The third kappa shape index (κ3) is 7.95. The number of hydrogen-bond donors (Lipinski definition) is 4. The van der Waals surface area contributed by atoms with Crippen molar-refractivity contribution in [1.82, 2.24) is 41.1 Å². The fraction of sp³-hybridized carbons (Fsp3) is 0.400. The molecular formula is C30H36N8O5. The molecule has 13 nitrogen and oxygen atoms in total. The minimum absolute atomic E-state index is 0.163. The number of amides is 3. The number of hydrogen-bond acceptors (Lipinski definition) is 8. The number of fused-ring (bicyclic) bond motifs is 1. The minimum atomic E-state index is -0.828. The van der Waals surface area contributed by atoms with Gasteiger partial charge in [0.1, 0.15) is 24.9 Å². The summed E-state index contributed by atoms with van der Waals surface area (Å²) in [5.74, 6) is -0.226. The average molecular weight is 589 g/mol. The maximum Gasteiger partial charge on any atom is 0.407 e. The van der Waals surface area contributed by atoms with E-state index in [0.29, 0.717) is 24.4 Å². The Morgan fingerprint density at radius 1 is 1.07 bits per heavy atom. The van der Waals surface area contributed by atoms with Crippen LogP contribution in [0.25, 0.3) is 10.9 Å². The molecule has 2 heterocycles. The number of ether oxygens (including phenoxy) is 2. The molecular weight excluding hydrogens is 552 g/mol. The van der Waals surface area contributed by atoms with Gasteiger partial charge in [-0.05, 0) is 49.8 Å². The Kier molecular flexibility index (Phi) is 9.95. The van der Waals surface area contributed by atoms with E-state index in [1.54, 1.807) is 0 Å². The molecule has 1 fully saturated rings. The van der Waals surface area contributed by atoms with E-state index in [-0.39, 0.29) is 43.7 Å². The molecule has 1 saturated carbocycles. The Morgan fingerprint density at radius 2 is 1.88 bits per heavy atom. The van der Waals surface area contributed by atoms with E-state index in [2.05, 4.69) is 36.6 Å². The molecule has 2 aromatic carbocycles. The van der Waals surface area contributed by atoms with Gasteiger partial charge in [-0.25, -0.2) is 4.79 Å². The monoisotopic (exact) mass is 588 g/mol. The van der Waals surface area contributed by atoms with Crippen molar-refractivity contribution in [2.75, 3.05) is 6.54 Å². The first-order chi connectivity index (χ1) is 21.0. The van der Waals surface area contributed by atoms with Crippen molar-refractivity contribution >= 4 is 28.8 Å². The topological polar surface area (TPSA) is 165 Å². The number of nitrogens with one attached hydrogen (secondary N) is 4.